The average molecular weight is 288 g/mol. The molecule has 0 radical (unpaired) electrons. The number of fused-ring (bicyclic) bond motifs is 1. The van der Waals surface area contributed by atoms with Gasteiger partial charge in [-0.2, -0.15) is 0 Å². The molecule has 4 nitrogen and oxygen atoms in total. The number of aromatic nitrogens is 3. The summed E-state index contributed by atoms with van der Waals surface area (Å²) in [5.74, 6) is 0. The molecule has 0 N–H and O–H groups in total. The quantitative estimate of drug-likeness (QED) is 0.742. The maximum Gasteiger partial charge on any atom is 0.142 e. The van der Waals surface area contributed by atoms with E-state index in [9.17, 15) is 0 Å². The Balaban J connectivity index is 1.86. The highest BCUT2D eigenvalue weighted by atomic mass is 35.5. The Hall–Kier alpha value is -2.07. The van der Waals surface area contributed by atoms with Crippen LogP contribution in [0.5, 0.6) is 0 Å². The van der Waals surface area contributed by atoms with E-state index in [4.69, 9.17) is 16.4 Å². The Labute approximate surface area is 121 Å². The Kier molecular flexibility index (Phi) is 3.32. The van der Waals surface area contributed by atoms with Crippen molar-refractivity contribution < 1.29 is 4.84 Å². The van der Waals surface area contributed by atoms with Crippen LogP contribution in [0, 0.1) is 13.8 Å². The van der Waals surface area contributed by atoms with E-state index in [0.717, 1.165) is 16.6 Å². The fraction of sp³-hybridized carbons (Fsp3) is 0.200. The summed E-state index contributed by atoms with van der Waals surface area (Å²) in [5, 5.41) is 8.67. The Morgan fingerprint density at radius 2 is 2.00 bits per heavy atom. The van der Waals surface area contributed by atoms with E-state index in [1.165, 1.54) is 16.0 Å². The normalized spacial score (nSPS) is 10.9. The van der Waals surface area contributed by atoms with Crippen LogP contribution < -0.4 is 4.84 Å². The lowest BCUT2D eigenvalue weighted by Crippen LogP contribution is -2.13. The van der Waals surface area contributed by atoms with Crippen LogP contribution in [0.1, 0.15) is 16.7 Å². The highest BCUT2D eigenvalue weighted by molar-refractivity contribution is 6.31. The van der Waals surface area contributed by atoms with Crippen molar-refractivity contribution in [3.05, 3.63) is 58.1 Å². The maximum absolute atomic E-state index is 5.99. The second-order valence-corrected chi connectivity index (χ2v) is 5.24. The third kappa shape index (κ3) is 2.47. The smallest absolute Gasteiger partial charge is 0.142 e. The monoisotopic (exact) mass is 287 g/mol. The van der Waals surface area contributed by atoms with Gasteiger partial charge >= 0.3 is 0 Å². The van der Waals surface area contributed by atoms with Crippen LogP contribution >= 0.6 is 11.6 Å². The largest absolute Gasteiger partial charge is 0.390 e. The van der Waals surface area contributed by atoms with Crippen LogP contribution in [0.25, 0.3) is 11.0 Å². The first-order valence-corrected chi connectivity index (χ1v) is 6.72. The molecule has 0 bridgehead atoms. The molecule has 3 rings (SSSR count). The fourth-order valence-corrected chi connectivity index (χ4v) is 2.22. The van der Waals surface area contributed by atoms with Gasteiger partial charge in [-0.05, 0) is 48.4 Å². The summed E-state index contributed by atoms with van der Waals surface area (Å²) in [6, 6.07) is 11.7. The van der Waals surface area contributed by atoms with Crippen LogP contribution in [0.15, 0.2) is 36.4 Å². The van der Waals surface area contributed by atoms with Gasteiger partial charge in [0.2, 0.25) is 0 Å². The molecule has 0 aliphatic rings. The Morgan fingerprint density at radius 1 is 1.15 bits per heavy atom. The van der Waals surface area contributed by atoms with E-state index in [-0.39, 0.29) is 0 Å². The first-order valence-electron chi connectivity index (χ1n) is 6.34. The highest BCUT2D eigenvalue weighted by Gasteiger charge is 2.07. The highest BCUT2D eigenvalue weighted by Crippen LogP contribution is 2.17. The molecular formula is C15H14ClN3O. The molecule has 0 spiro atoms. The summed E-state index contributed by atoms with van der Waals surface area (Å²) < 4.78 is 0. The van der Waals surface area contributed by atoms with Crippen LogP contribution in [0.4, 0.5) is 0 Å². The molecular weight excluding hydrogens is 274 g/mol. The first-order chi connectivity index (χ1) is 9.63. The van der Waals surface area contributed by atoms with Crippen molar-refractivity contribution in [3.63, 3.8) is 0 Å². The lowest BCUT2D eigenvalue weighted by Gasteiger charge is -2.09. The van der Waals surface area contributed by atoms with E-state index in [0.29, 0.717) is 11.6 Å². The molecule has 0 saturated heterocycles. The van der Waals surface area contributed by atoms with Gasteiger partial charge in [-0.25, -0.2) is 0 Å². The zero-order valence-corrected chi connectivity index (χ0v) is 12.1. The molecule has 0 aliphatic heterocycles. The van der Waals surface area contributed by atoms with Crippen LogP contribution in [-0.4, -0.2) is 15.2 Å². The van der Waals surface area contributed by atoms with Gasteiger partial charge in [0.05, 0.1) is 0 Å². The number of rotatable bonds is 3. The van der Waals surface area contributed by atoms with Crippen molar-refractivity contribution >= 4 is 22.6 Å². The number of hydrogen-bond acceptors (Lipinski definition) is 3. The van der Waals surface area contributed by atoms with E-state index >= 15 is 0 Å². The lowest BCUT2D eigenvalue weighted by molar-refractivity contribution is 0.0748. The summed E-state index contributed by atoms with van der Waals surface area (Å²) in [5.41, 5.74) is 5.06. The molecule has 0 fully saturated rings. The van der Waals surface area contributed by atoms with Crippen molar-refractivity contribution in [2.24, 2.45) is 0 Å². The minimum atomic E-state index is 0.443. The summed E-state index contributed by atoms with van der Waals surface area (Å²) in [6.07, 6.45) is 0. The van der Waals surface area contributed by atoms with E-state index in [1.807, 2.05) is 6.07 Å². The molecule has 0 aliphatic carbocycles. The SMILES string of the molecule is Cc1ccc(C)c(COn2nnc3ccc(Cl)cc32)c1. The molecule has 0 unspecified atom stereocenters. The predicted octanol–water partition coefficient (Wildman–Crippen LogP) is 3.33. The second-order valence-electron chi connectivity index (χ2n) is 4.80. The van der Waals surface area contributed by atoms with Gasteiger partial charge in [-0.3, -0.25) is 0 Å². The lowest BCUT2D eigenvalue weighted by atomic mass is 10.1. The minimum absolute atomic E-state index is 0.443. The minimum Gasteiger partial charge on any atom is -0.390 e. The molecule has 1 heterocycles. The maximum atomic E-state index is 5.99. The zero-order chi connectivity index (χ0) is 14.1. The van der Waals surface area contributed by atoms with Gasteiger partial charge in [0.15, 0.2) is 0 Å². The van der Waals surface area contributed by atoms with Gasteiger partial charge in [0, 0.05) is 5.02 Å². The Morgan fingerprint density at radius 3 is 2.85 bits per heavy atom. The third-order valence-electron chi connectivity index (χ3n) is 3.22. The molecule has 102 valence electrons. The van der Waals surface area contributed by atoms with Crippen LogP contribution in [0.2, 0.25) is 5.02 Å². The standard InChI is InChI=1S/C15H14ClN3O/c1-10-3-4-11(2)12(7-10)9-20-19-15-8-13(16)5-6-14(15)17-18-19/h3-8H,9H2,1-2H3. The molecule has 0 saturated carbocycles. The van der Waals surface area contributed by atoms with Gasteiger partial charge < -0.3 is 4.84 Å². The van der Waals surface area contributed by atoms with E-state index in [1.54, 1.807) is 12.1 Å². The third-order valence-corrected chi connectivity index (χ3v) is 3.46. The van der Waals surface area contributed by atoms with Crippen molar-refractivity contribution in [1.82, 2.24) is 15.2 Å². The number of halogens is 1. The van der Waals surface area contributed by atoms with Gasteiger partial charge in [-0.1, -0.05) is 40.2 Å². The zero-order valence-electron chi connectivity index (χ0n) is 11.3. The fourth-order valence-electron chi connectivity index (χ4n) is 2.05. The van der Waals surface area contributed by atoms with Crippen LogP contribution in [0.3, 0.4) is 0 Å². The van der Waals surface area contributed by atoms with Gasteiger partial charge in [0.1, 0.15) is 17.6 Å². The second kappa shape index (κ2) is 5.13. The van der Waals surface area contributed by atoms with E-state index < -0.39 is 0 Å². The summed E-state index contributed by atoms with van der Waals surface area (Å²) in [7, 11) is 0. The van der Waals surface area contributed by atoms with Crippen molar-refractivity contribution in [3.8, 4) is 0 Å². The van der Waals surface area contributed by atoms with Crippen LogP contribution in [-0.2, 0) is 6.61 Å². The molecule has 0 amide bonds. The first kappa shape index (κ1) is 12.9. The molecule has 2 aromatic carbocycles. The number of hydrogen-bond donors (Lipinski definition) is 0. The topological polar surface area (TPSA) is 39.9 Å². The molecule has 20 heavy (non-hydrogen) atoms. The summed E-state index contributed by atoms with van der Waals surface area (Å²) >= 11 is 5.99. The van der Waals surface area contributed by atoms with Gasteiger partial charge in [0.25, 0.3) is 0 Å². The van der Waals surface area contributed by atoms with Crippen molar-refractivity contribution in [1.29, 1.82) is 0 Å². The Bertz CT molecular complexity index is 767. The molecule has 0 atom stereocenters. The van der Waals surface area contributed by atoms with E-state index in [2.05, 4.69) is 42.4 Å². The summed E-state index contributed by atoms with van der Waals surface area (Å²) in [4.78, 5) is 7.14. The molecule has 5 heteroatoms. The molecule has 1 aromatic heterocycles. The number of benzene rings is 2. The predicted molar refractivity (Wildman–Crippen MR) is 78.7 cm³/mol. The number of nitrogens with zero attached hydrogens (tertiary/aromatic N) is 3. The van der Waals surface area contributed by atoms with Gasteiger partial charge in [-0.15, -0.1) is 5.10 Å². The average Bonchev–Trinajstić information content (AvgIpc) is 2.82. The molecule has 3 aromatic rings. The summed E-state index contributed by atoms with van der Waals surface area (Å²) in [6.45, 7) is 4.57. The number of aryl methyl sites for hydroxylation is 2. The van der Waals surface area contributed by atoms with Crippen molar-refractivity contribution in [2.75, 3.05) is 0 Å². The van der Waals surface area contributed by atoms with Crippen molar-refractivity contribution in [2.45, 2.75) is 20.5 Å².